The number of nitrogens with zero attached hydrogens (tertiary/aromatic N) is 1. The number of likely N-dealkylation sites (tertiary alicyclic amines) is 1. The van der Waals surface area contributed by atoms with Crippen LogP contribution in [0.1, 0.15) is 31.7 Å². The lowest BCUT2D eigenvalue weighted by molar-refractivity contribution is -0.00268. The molecule has 0 aromatic heterocycles. The van der Waals surface area contributed by atoms with Gasteiger partial charge in [0.1, 0.15) is 5.75 Å². The summed E-state index contributed by atoms with van der Waals surface area (Å²) < 4.78 is 38.3. The molecule has 1 aliphatic heterocycles. The monoisotopic (exact) mass is 299 g/mol. The third-order valence-electron chi connectivity index (χ3n) is 3.77. The van der Waals surface area contributed by atoms with Crippen LogP contribution >= 0.6 is 0 Å². The van der Waals surface area contributed by atoms with E-state index in [4.69, 9.17) is 9.47 Å². The Morgan fingerprint density at radius 3 is 2.86 bits per heavy atom. The average Bonchev–Trinajstić information content (AvgIpc) is 2.50. The van der Waals surface area contributed by atoms with E-state index in [1.54, 1.807) is 0 Å². The molecule has 1 fully saturated rings. The standard InChI is InChI=1S/C16H23F2NO2/c1-3-9-21-12-5-4-8-19(10-12)11-13-15(20-2)7-6-14(17)16(13)18/h6-7,12H,3-5,8-11H2,1-2H3. The van der Waals surface area contributed by atoms with E-state index in [2.05, 4.69) is 11.8 Å². The van der Waals surface area contributed by atoms with Crippen molar-refractivity contribution in [2.75, 3.05) is 26.8 Å². The van der Waals surface area contributed by atoms with Crippen molar-refractivity contribution in [3.8, 4) is 5.75 Å². The fourth-order valence-corrected chi connectivity index (χ4v) is 2.71. The Morgan fingerprint density at radius 2 is 2.14 bits per heavy atom. The molecule has 1 atom stereocenters. The van der Waals surface area contributed by atoms with Gasteiger partial charge in [0.05, 0.1) is 13.2 Å². The summed E-state index contributed by atoms with van der Waals surface area (Å²) in [4.78, 5) is 2.10. The number of hydrogen-bond acceptors (Lipinski definition) is 3. The fraction of sp³-hybridized carbons (Fsp3) is 0.625. The van der Waals surface area contributed by atoms with E-state index in [0.29, 0.717) is 12.3 Å². The van der Waals surface area contributed by atoms with E-state index in [9.17, 15) is 8.78 Å². The average molecular weight is 299 g/mol. The highest BCUT2D eigenvalue weighted by atomic mass is 19.2. The van der Waals surface area contributed by atoms with Crippen molar-refractivity contribution in [2.45, 2.75) is 38.8 Å². The second-order valence-corrected chi connectivity index (χ2v) is 5.41. The second-order valence-electron chi connectivity index (χ2n) is 5.41. The number of rotatable bonds is 6. The quantitative estimate of drug-likeness (QED) is 0.804. The smallest absolute Gasteiger partial charge is 0.167 e. The number of piperidine rings is 1. The fourth-order valence-electron chi connectivity index (χ4n) is 2.71. The van der Waals surface area contributed by atoms with E-state index in [0.717, 1.165) is 45.0 Å². The summed E-state index contributed by atoms with van der Waals surface area (Å²) in [6.45, 7) is 4.78. The summed E-state index contributed by atoms with van der Waals surface area (Å²) in [5, 5.41) is 0. The van der Waals surface area contributed by atoms with Crippen molar-refractivity contribution in [1.82, 2.24) is 4.90 Å². The van der Waals surface area contributed by atoms with Crippen molar-refractivity contribution in [3.63, 3.8) is 0 Å². The summed E-state index contributed by atoms with van der Waals surface area (Å²) in [6.07, 6.45) is 3.21. The van der Waals surface area contributed by atoms with Crippen LogP contribution in [0.25, 0.3) is 0 Å². The van der Waals surface area contributed by atoms with Crippen molar-refractivity contribution in [3.05, 3.63) is 29.3 Å². The van der Waals surface area contributed by atoms with Crippen LogP contribution in [0.15, 0.2) is 12.1 Å². The molecule has 0 amide bonds. The Kier molecular flexibility index (Phi) is 5.94. The molecule has 1 unspecified atom stereocenters. The number of hydrogen-bond donors (Lipinski definition) is 0. The molecule has 0 spiro atoms. The normalized spacial score (nSPS) is 19.7. The first-order valence-corrected chi connectivity index (χ1v) is 7.50. The van der Waals surface area contributed by atoms with Crippen molar-refractivity contribution < 1.29 is 18.3 Å². The molecule has 118 valence electrons. The molecule has 2 rings (SSSR count). The van der Waals surface area contributed by atoms with Crippen LogP contribution in [-0.4, -0.2) is 37.8 Å². The summed E-state index contributed by atoms with van der Waals surface area (Å²) >= 11 is 0. The Bertz CT molecular complexity index is 468. The van der Waals surface area contributed by atoms with Gasteiger partial charge in [-0.1, -0.05) is 6.92 Å². The lowest BCUT2D eigenvalue weighted by Gasteiger charge is -2.33. The van der Waals surface area contributed by atoms with E-state index in [-0.39, 0.29) is 11.7 Å². The Labute approximate surface area is 124 Å². The van der Waals surface area contributed by atoms with Crippen LogP contribution in [-0.2, 0) is 11.3 Å². The van der Waals surface area contributed by atoms with Crippen molar-refractivity contribution >= 4 is 0 Å². The maximum Gasteiger partial charge on any atom is 0.167 e. The first-order chi connectivity index (χ1) is 10.2. The van der Waals surface area contributed by atoms with Gasteiger partial charge in [-0.2, -0.15) is 0 Å². The molecule has 1 aliphatic rings. The minimum absolute atomic E-state index is 0.182. The van der Waals surface area contributed by atoms with E-state index >= 15 is 0 Å². The van der Waals surface area contributed by atoms with E-state index in [1.165, 1.54) is 13.2 Å². The molecule has 0 N–H and O–H groups in total. The maximum absolute atomic E-state index is 14.0. The molecule has 21 heavy (non-hydrogen) atoms. The SMILES string of the molecule is CCCOC1CCCN(Cc2c(OC)ccc(F)c2F)C1. The van der Waals surface area contributed by atoms with Crippen molar-refractivity contribution in [1.29, 1.82) is 0 Å². The largest absolute Gasteiger partial charge is 0.496 e. The molecule has 0 aliphatic carbocycles. The summed E-state index contributed by atoms with van der Waals surface area (Å²) in [6, 6.07) is 2.57. The minimum Gasteiger partial charge on any atom is -0.496 e. The van der Waals surface area contributed by atoms with Gasteiger partial charge >= 0.3 is 0 Å². The highest BCUT2D eigenvalue weighted by molar-refractivity contribution is 5.35. The van der Waals surface area contributed by atoms with Gasteiger partial charge in [0, 0.05) is 25.3 Å². The molecule has 1 heterocycles. The van der Waals surface area contributed by atoms with Gasteiger partial charge < -0.3 is 9.47 Å². The zero-order valence-corrected chi connectivity index (χ0v) is 12.7. The molecule has 0 bridgehead atoms. The molecular weight excluding hydrogens is 276 g/mol. The number of benzene rings is 1. The van der Waals surface area contributed by atoms with E-state index in [1.807, 2.05) is 0 Å². The molecule has 0 radical (unpaired) electrons. The van der Waals surface area contributed by atoms with Crippen LogP contribution in [0.4, 0.5) is 8.78 Å². The lowest BCUT2D eigenvalue weighted by atomic mass is 10.1. The Morgan fingerprint density at radius 1 is 1.33 bits per heavy atom. The predicted octanol–water partition coefficient (Wildman–Crippen LogP) is 3.36. The molecule has 5 heteroatoms. The lowest BCUT2D eigenvalue weighted by Crippen LogP contribution is -2.39. The van der Waals surface area contributed by atoms with E-state index < -0.39 is 11.6 Å². The molecule has 1 aromatic rings. The highest BCUT2D eigenvalue weighted by Gasteiger charge is 2.23. The van der Waals surface area contributed by atoms with Crippen molar-refractivity contribution in [2.24, 2.45) is 0 Å². The number of ether oxygens (including phenoxy) is 2. The van der Waals surface area contributed by atoms with Crippen LogP contribution < -0.4 is 4.74 Å². The van der Waals surface area contributed by atoms with Gasteiger partial charge in [-0.15, -0.1) is 0 Å². The molecule has 0 saturated carbocycles. The van der Waals surface area contributed by atoms with Gasteiger partial charge in [0.2, 0.25) is 0 Å². The van der Waals surface area contributed by atoms with Gasteiger partial charge in [0.25, 0.3) is 0 Å². The summed E-state index contributed by atoms with van der Waals surface area (Å²) in [5.74, 6) is -1.25. The van der Waals surface area contributed by atoms with Gasteiger partial charge in [-0.05, 0) is 37.9 Å². The van der Waals surface area contributed by atoms with Crippen LogP contribution in [0.5, 0.6) is 5.75 Å². The molecule has 1 aromatic carbocycles. The second kappa shape index (κ2) is 7.71. The first-order valence-electron chi connectivity index (χ1n) is 7.50. The molecule has 1 saturated heterocycles. The predicted molar refractivity (Wildman–Crippen MR) is 77.5 cm³/mol. The first kappa shape index (κ1) is 16.2. The molecular formula is C16H23F2NO2. The molecule has 3 nitrogen and oxygen atoms in total. The summed E-state index contributed by atoms with van der Waals surface area (Å²) in [7, 11) is 1.47. The summed E-state index contributed by atoms with van der Waals surface area (Å²) in [5.41, 5.74) is 0.286. The van der Waals surface area contributed by atoms with Crippen LogP contribution in [0.2, 0.25) is 0 Å². The van der Waals surface area contributed by atoms with Crippen LogP contribution in [0.3, 0.4) is 0 Å². The highest BCUT2D eigenvalue weighted by Crippen LogP contribution is 2.26. The topological polar surface area (TPSA) is 21.7 Å². The maximum atomic E-state index is 14.0. The third kappa shape index (κ3) is 4.14. The number of methoxy groups -OCH3 is 1. The van der Waals surface area contributed by atoms with Gasteiger partial charge in [-0.25, -0.2) is 8.78 Å². The Hall–Kier alpha value is -1.20. The Balaban J connectivity index is 2.05. The van der Waals surface area contributed by atoms with Gasteiger partial charge in [-0.3, -0.25) is 4.90 Å². The van der Waals surface area contributed by atoms with Crippen LogP contribution in [0, 0.1) is 11.6 Å². The third-order valence-corrected chi connectivity index (χ3v) is 3.77. The zero-order valence-electron chi connectivity index (χ0n) is 12.7. The van der Waals surface area contributed by atoms with Gasteiger partial charge in [0.15, 0.2) is 11.6 Å². The minimum atomic E-state index is -0.832. The zero-order chi connectivity index (χ0) is 15.2. The number of halogens is 2.